The fourth-order valence-electron chi connectivity index (χ4n) is 3.12. The molecule has 0 bridgehead atoms. The van der Waals surface area contributed by atoms with E-state index in [-0.39, 0.29) is 23.2 Å². The van der Waals surface area contributed by atoms with Gasteiger partial charge in [0, 0.05) is 13.6 Å². The fraction of sp³-hybridized carbons (Fsp3) is 0.588. The Morgan fingerprint density at radius 2 is 2.10 bits per heavy atom. The molecule has 0 spiro atoms. The van der Waals surface area contributed by atoms with Crippen LogP contribution in [-0.4, -0.2) is 30.9 Å². The third kappa shape index (κ3) is 3.26. The predicted octanol–water partition coefficient (Wildman–Crippen LogP) is 3.12. The van der Waals surface area contributed by atoms with Gasteiger partial charge >= 0.3 is 0 Å². The van der Waals surface area contributed by atoms with E-state index >= 15 is 0 Å². The molecule has 0 radical (unpaired) electrons. The van der Waals surface area contributed by atoms with Gasteiger partial charge in [-0.05, 0) is 50.4 Å². The highest BCUT2D eigenvalue weighted by atomic mass is 19.1. The summed E-state index contributed by atoms with van der Waals surface area (Å²) in [6.45, 7) is 5.82. The van der Waals surface area contributed by atoms with Crippen molar-refractivity contribution in [1.82, 2.24) is 10.2 Å². The fourth-order valence-corrected chi connectivity index (χ4v) is 3.12. The smallest absolute Gasteiger partial charge is 0.230 e. The Hall–Kier alpha value is -1.42. The Morgan fingerprint density at radius 3 is 2.62 bits per heavy atom. The average Bonchev–Trinajstić information content (AvgIpc) is 2.54. The first-order chi connectivity index (χ1) is 10.00. The molecule has 1 aliphatic heterocycles. The molecular weight excluding hydrogens is 267 g/mol. The van der Waals surface area contributed by atoms with Crippen LogP contribution in [0.5, 0.6) is 0 Å². The van der Waals surface area contributed by atoms with Crippen molar-refractivity contribution in [2.45, 2.75) is 39.2 Å². The third-order valence-corrected chi connectivity index (χ3v) is 4.86. The molecule has 21 heavy (non-hydrogen) atoms. The van der Waals surface area contributed by atoms with Crippen molar-refractivity contribution < 1.29 is 9.18 Å². The van der Waals surface area contributed by atoms with Crippen molar-refractivity contribution in [2.75, 3.05) is 20.1 Å². The highest BCUT2D eigenvalue weighted by Crippen LogP contribution is 2.34. The van der Waals surface area contributed by atoms with Gasteiger partial charge in [-0.15, -0.1) is 0 Å². The van der Waals surface area contributed by atoms with Crippen LogP contribution < -0.4 is 5.32 Å². The molecule has 0 saturated carbocycles. The second kappa shape index (κ2) is 6.56. The molecule has 1 aliphatic rings. The number of nitrogens with zero attached hydrogens (tertiary/aromatic N) is 1. The second-order valence-corrected chi connectivity index (χ2v) is 6.06. The first-order valence-electron chi connectivity index (χ1n) is 7.73. The van der Waals surface area contributed by atoms with Gasteiger partial charge in [0.2, 0.25) is 5.91 Å². The van der Waals surface area contributed by atoms with Crippen LogP contribution in [0.4, 0.5) is 4.39 Å². The highest BCUT2D eigenvalue weighted by molar-refractivity contribution is 5.83. The normalized spacial score (nSPS) is 23.6. The molecule has 1 N–H and O–H groups in total. The zero-order valence-electron chi connectivity index (χ0n) is 13.2. The van der Waals surface area contributed by atoms with E-state index < -0.39 is 0 Å². The maximum atomic E-state index is 13.0. The largest absolute Gasteiger partial charge is 0.338 e. The van der Waals surface area contributed by atoms with Gasteiger partial charge in [-0.3, -0.25) is 4.79 Å². The number of rotatable bonds is 4. The summed E-state index contributed by atoms with van der Waals surface area (Å²) in [5.74, 6) is -0.0598. The Bertz CT molecular complexity index is 480. The lowest BCUT2D eigenvalue weighted by molar-refractivity contribution is -0.144. The van der Waals surface area contributed by atoms with E-state index in [9.17, 15) is 9.18 Å². The molecule has 0 aliphatic carbocycles. The lowest BCUT2D eigenvalue weighted by atomic mass is 9.77. The van der Waals surface area contributed by atoms with Crippen molar-refractivity contribution >= 4 is 5.91 Å². The summed E-state index contributed by atoms with van der Waals surface area (Å²) in [4.78, 5) is 14.8. The summed E-state index contributed by atoms with van der Waals surface area (Å²) in [5.41, 5.74) is 0.670. The molecule has 3 nitrogen and oxygen atoms in total. The summed E-state index contributed by atoms with van der Waals surface area (Å²) < 4.78 is 13.0. The third-order valence-electron chi connectivity index (χ3n) is 4.86. The van der Waals surface area contributed by atoms with Gasteiger partial charge in [-0.25, -0.2) is 4.39 Å². The molecule has 2 unspecified atom stereocenters. The molecule has 116 valence electrons. The molecule has 1 heterocycles. The van der Waals surface area contributed by atoms with E-state index in [4.69, 9.17) is 0 Å². The lowest BCUT2D eigenvalue weighted by Crippen LogP contribution is -2.51. The molecule has 2 rings (SSSR count). The van der Waals surface area contributed by atoms with E-state index in [1.165, 1.54) is 12.1 Å². The predicted molar refractivity (Wildman–Crippen MR) is 82.4 cm³/mol. The van der Waals surface area contributed by atoms with Gasteiger partial charge in [0.05, 0.1) is 11.5 Å². The molecule has 4 heteroatoms. The van der Waals surface area contributed by atoms with E-state index in [2.05, 4.69) is 12.2 Å². The monoisotopic (exact) mass is 292 g/mol. The summed E-state index contributed by atoms with van der Waals surface area (Å²) in [5, 5.41) is 3.35. The van der Waals surface area contributed by atoms with Gasteiger partial charge in [0.15, 0.2) is 0 Å². The van der Waals surface area contributed by atoms with Crippen LogP contribution in [0, 0.1) is 11.2 Å². The van der Waals surface area contributed by atoms with Crippen molar-refractivity contribution in [3.8, 4) is 0 Å². The van der Waals surface area contributed by atoms with Crippen molar-refractivity contribution in [1.29, 1.82) is 0 Å². The van der Waals surface area contributed by atoms with E-state index in [1.807, 2.05) is 18.9 Å². The number of halogens is 1. The lowest BCUT2D eigenvalue weighted by Gasteiger charge is -2.40. The van der Waals surface area contributed by atoms with Crippen LogP contribution in [0.15, 0.2) is 24.3 Å². The standard InChI is InChI=1S/C17H25FN2O/c1-4-17(10-5-11-19-12-17)16(21)20(3)13(2)14-6-8-15(18)9-7-14/h6-9,13,19H,4-5,10-12H2,1-3H3. The van der Waals surface area contributed by atoms with Crippen molar-refractivity contribution in [3.63, 3.8) is 0 Å². The Morgan fingerprint density at radius 1 is 1.43 bits per heavy atom. The minimum Gasteiger partial charge on any atom is -0.338 e. The number of amides is 1. The molecule has 1 saturated heterocycles. The minimum absolute atomic E-state index is 0.0524. The van der Waals surface area contributed by atoms with Gasteiger partial charge in [0.1, 0.15) is 5.82 Å². The zero-order valence-corrected chi connectivity index (χ0v) is 13.2. The number of benzene rings is 1. The minimum atomic E-state index is -0.290. The molecular formula is C17H25FN2O. The van der Waals surface area contributed by atoms with Crippen molar-refractivity contribution in [2.24, 2.45) is 5.41 Å². The first kappa shape index (κ1) is 16.0. The van der Waals surface area contributed by atoms with Crippen LogP contribution >= 0.6 is 0 Å². The Labute approximate surface area is 126 Å². The quantitative estimate of drug-likeness (QED) is 0.924. The molecule has 0 aromatic heterocycles. The maximum absolute atomic E-state index is 13.0. The molecule has 1 aromatic carbocycles. The summed E-state index contributed by atoms with van der Waals surface area (Å²) >= 11 is 0. The number of hydrogen-bond donors (Lipinski definition) is 1. The zero-order chi connectivity index (χ0) is 15.5. The number of carbonyl (C=O) groups excluding carboxylic acids is 1. The van der Waals surface area contributed by atoms with Crippen LogP contribution in [0.3, 0.4) is 0 Å². The summed E-state index contributed by atoms with van der Waals surface area (Å²) in [6, 6.07) is 6.34. The highest BCUT2D eigenvalue weighted by Gasteiger charge is 2.40. The van der Waals surface area contributed by atoms with E-state index in [1.54, 1.807) is 12.1 Å². The Kier molecular flexibility index (Phi) is 4.99. The van der Waals surface area contributed by atoms with E-state index in [0.717, 1.165) is 37.9 Å². The van der Waals surface area contributed by atoms with Crippen LogP contribution in [0.25, 0.3) is 0 Å². The number of carbonyl (C=O) groups is 1. The first-order valence-corrected chi connectivity index (χ1v) is 7.73. The van der Waals surface area contributed by atoms with Crippen LogP contribution in [0.1, 0.15) is 44.7 Å². The maximum Gasteiger partial charge on any atom is 0.230 e. The van der Waals surface area contributed by atoms with Gasteiger partial charge in [-0.2, -0.15) is 0 Å². The molecule has 1 amide bonds. The van der Waals surface area contributed by atoms with Gasteiger partial charge < -0.3 is 10.2 Å². The van der Waals surface area contributed by atoms with Crippen LogP contribution in [-0.2, 0) is 4.79 Å². The van der Waals surface area contributed by atoms with Gasteiger partial charge in [-0.1, -0.05) is 19.1 Å². The number of piperidine rings is 1. The topological polar surface area (TPSA) is 32.3 Å². The van der Waals surface area contributed by atoms with Crippen molar-refractivity contribution in [3.05, 3.63) is 35.6 Å². The van der Waals surface area contributed by atoms with E-state index in [0.29, 0.717) is 0 Å². The van der Waals surface area contributed by atoms with Gasteiger partial charge in [0.25, 0.3) is 0 Å². The molecule has 1 fully saturated rings. The number of nitrogens with one attached hydrogen (secondary N) is 1. The Balaban J connectivity index is 2.15. The average molecular weight is 292 g/mol. The SMILES string of the molecule is CCC1(C(=O)N(C)C(C)c2ccc(F)cc2)CCCNC1. The summed E-state index contributed by atoms with van der Waals surface area (Å²) in [7, 11) is 1.85. The molecule has 2 atom stereocenters. The van der Waals surface area contributed by atoms with Crippen LogP contribution in [0.2, 0.25) is 0 Å². The molecule has 1 aromatic rings. The summed E-state index contributed by atoms with van der Waals surface area (Å²) in [6.07, 6.45) is 2.83. The second-order valence-electron chi connectivity index (χ2n) is 6.06. The number of hydrogen-bond acceptors (Lipinski definition) is 2.